The maximum atomic E-state index is 12.4. The Morgan fingerprint density at radius 1 is 1.27 bits per heavy atom. The van der Waals surface area contributed by atoms with Gasteiger partial charge < -0.3 is 14.8 Å². The molecule has 0 saturated heterocycles. The summed E-state index contributed by atoms with van der Waals surface area (Å²) in [6.07, 6.45) is 5.38. The zero-order valence-corrected chi connectivity index (χ0v) is 11.9. The fraction of sp³-hybridized carbons (Fsp3) is 0.438. The minimum Gasteiger partial charge on any atom is -0.481 e. The Hall–Kier alpha value is -2.37. The third-order valence-electron chi connectivity index (χ3n) is 5.06. The van der Waals surface area contributed by atoms with Crippen LogP contribution in [-0.4, -0.2) is 28.0 Å². The molecule has 2 aromatic heterocycles. The van der Waals surface area contributed by atoms with Crippen molar-refractivity contribution in [3.8, 4) is 0 Å². The van der Waals surface area contributed by atoms with E-state index in [9.17, 15) is 9.59 Å². The van der Waals surface area contributed by atoms with Crippen LogP contribution in [0.15, 0.2) is 29.0 Å². The molecule has 2 heterocycles. The Labute approximate surface area is 126 Å². The van der Waals surface area contributed by atoms with E-state index in [0.29, 0.717) is 17.7 Å². The molecule has 2 aromatic rings. The van der Waals surface area contributed by atoms with Crippen molar-refractivity contribution in [2.75, 3.05) is 0 Å². The molecule has 114 valence electrons. The van der Waals surface area contributed by atoms with Gasteiger partial charge in [-0.25, -0.2) is 4.98 Å². The Bertz CT molecular complexity index is 753. The lowest BCUT2D eigenvalue weighted by molar-refractivity contribution is -0.143. The van der Waals surface area contributed by atoms with Crippen LogP contribution in [0.3, 0.4) is 0 Å². The highest BCUT2D eigenvalue weighted by molar-refractivity contribution is 5.96. The highest BCUT2D eigenvalue weighted by atomic mass is 16.4. The summed E-state index contributed by atoms with van der Waals surface area (Å²) < 4.78 is 5.16. The number of rotatable bonds is 3. The molecule has 4 atom stereocenters. The van der Waals surface area contributed by atoms with Crippen molar-refractivity contribution < 1.29 is 19.1 Å². The minimum atomic E-state index is -0.702. The van der Waals surface area contributed by atoms with E-state index in [0.717, 1.165) is 18.2 Å². The van der Waals surface area contributed by atoms with Gasteiger partial charge in [-0.3, -0.25) is 9.59 Å². The quantitative estimate of drug-likeness (QED) is 0.905. The molecule has 6 heteroatoms. The number of carbonyl (C=O) groups is 2. The van der Waals surface area contributed by atoms with Gasteiger partial charge in [0.1, 0.15) is 0 Å². The number of pyridine rings is 1. The van der Waals surface area contributed by atoms with E-state index < -0.39 is 5.97 Å². The molecule has 2 fully saturated rings. The molecule has 0 radical (unpaired) electrons. The second-order valence-electron chi connectivity index (χ2n) is 6.29. The summed E-state index contributed by atoms with van der Waals surface area (Å²) >= 11 is 0. The minimum absolute atomic E-state index is 0.0770. The summed E-state index contributed by atoms with van der Waals surface area (Å²) in [5.74, 6) is -0.614. The predicted molar refractivity (Wildman–Crippen MR) is 77.2 cm³/mol. The number of fused-ring (bicyclic) bond motifs is 3. The van der Waals surface area contributed by atoms with Gasteiger partial charge in [0.15, 0.2) is 0 Å². The van der Waals surface area contributed by atoms with Crippen LogP contribution in [0.5, 0.6) is 0 Å². The van der Waals surface area contributed by atoms with Gasteiger partial charge >= 0.3 is 5.97 Å². The van der Waals surface area contributed by atoms with Crippen LogP contribution in [0.2, 0.25) is 0 Å². The number of hydrogen-bond donors (Lipinski definition) is 2. The molecule has 2 N–H and O–H groups in total. The molecular formula is C16H16N2O4. The van der Waals surface area contributed by atoms with E-state index >= 15 is 0 Å². The Morgan fingerprint density at radius 3 is 2.86 bits per heavy atom. The van der Waals surface area contributed by atoms with E-state index in [1.807, 2.05) is 0 Å². The number of carboxylic acids is 1. The fourth-order valence-corrected chi connectivity index (χ4v) is 3.99. The first-order chi connectivity index (χ1) is 10.6. The van der Waals surface area contributed by atoms with Crippen LogP contribution >= 0.6 is 0 Å². The molecular weight excluding hydrogens is 284 g/mol. The third kappa shape index (κ3) is 2.06. The van der Waals surface area contributed by atoms with Gasteiger partial charge in [0.2, 0.25) is 5.71 Å². The van der Waals surface area contributed by atoms with Crippen molar-refractivity contribution in [2.24, 2.45) is 17.8 Å². The summed E-state index contributed by atoms with van der Waals surface area (Å²) in [6.45, 7) is 0. The van der Waals surface area contributed by atoms with Gasteiger partial charge in [-0.2, -0.15) is 0 Å². The number of aliphatic carboxylic acids is 1. The van der Waals surface area contributed by atoms with E-state index in [-0.39, 0.29) is 29.7 Å². The molecule has 0 aliphatic heterocycles. The van der Waals surface area contributed by atoms with Gasteiger partial charge in [-0.15, -0.1) is 0 Å². The van der Waals surface area contributed by atoms with Gasteiger partial charge in [-0.1, -0.05) is 0 Å². The first-order valence-corrected chi connectivity index (χ1v) is 7.49. The number of carboxylic acid groups (broad SMARTS) is 1. The molecule has 6 nitrogen and oxygen atoms in total. The number of hydrogen-bond acceptors (Lipinski definition) is 4. The van der Waals surface area contributed by atoms with Crippen LogP contribution < -0.4 is 5.32 Å². The lowest BCUT2D eigenvalue weighted by Crippen LogP contribution is -2.40. The summed E-state index contributed by atoms with van der Waals surface area (Å²) in [5, 5.41) is 13.0. The van der Waals surface area contributed by atoms with Gasteiger partial charge in [0.05, 0.1) is 17.7 Å². The van der Waals surface area contributed by atoms with Gasteiger partial charge in [0, 0.05) is 17.6 Å². The lowest BCUT2D eigenvalue weighted by atomic mass is 9.86. The Kier molecular flexibility index (Phi) is 2.92. The van der Waals surface area contributed by atoms with Crippen molar-refractivity contribution in [3.05, 3.63) is 30.2 Å². The van der Waals surface area contributed by atoms with Crippen molar-refractivity contribution in [2.45, 2.75) is 25.3 Å². The van der Waals surface area contributed by atoms with E-state index in [1.54, 1.807) is 18.4 Å². The number of furan rings is 1. The summed E-state index contributed by atoms with van der Waals surface area (Å²) in [7, 11) is 0. The largest absolute Gasteiger partial charge is 0.481 e. The smallest absolute Gasteiger partial charge is 0.306 e. The summed E-state index contributed by atoms with van der Waals surface area (Å²) in [4.78, 5) is 27.6. The molecule has 0 spiro atoms. The van der Waals surface area contributed by atoms with E-state index in [2.05, 4.69) is 10.3 Å². The summed E-state index contributed by atoms with van der Waals surface area (Å²) in [6, 6.07) is 3.61. The topological polar surface area (TPSA) is 92.4 Å². The predicted octanol–water partition coefficient (Wildman–Crippen LogP) is 2.06. The SMILES string of the molecule is O=C(N[C@@H]1C[C@H]2C[C@@H]1C[C@H]2C(=O)O)c1cnc2occc2c1. The van der Waals surface area contributed by atoms with Crippen molar-refractivity contribution in [1.82, 2.24) is 10.3 Å². The monoisotopic (exact) mass is 300 g/mol. The average Bonchev–Trinajstić information content (AvgIpc) is 3.20. The third-order valence-corrected chi connectivity index (χ3v) is 5.06. The molecule has 2 aliphatic rings. The van der Waals surface area contributed by atoms with Crippen LogP contribution in [0.4, 0.5) is 0 Å². The second kappa shape index (κ2) is 4.83. The van der Waals surface area contributed by atoms with Crippen LogP contribution in [0.25, 0.3) is 11.1 Å². The fourth-order valence-electron chi connectivity index (χ4n) is 3.99. The standard InChI is InChI=1S/C16H16N2O4/c19-14(11-3-8-1-2-22-15(8)17-7-11)18-13-6-9-4-10(13)5-12(9)16(20)21/h1-3,7,9-10,12-13H,4-6H2,(H,18,19)(H,20,21)/t9-,10-,12-,13-/m1/s1. The zero-order valence-electron chi connectivity index (χ0n) is 11.9. The average molecular weight is 300 g/mol. The first kappa shape index (κ1) is 13.3. The molecule has 22 heavy (non-hydrogen) atoms. The van der Waals surface area contributed by atoms with E-state index in [1.165, 1.54) is 6.20 Å². The summed E-state index contributed by atoms with van der Waals surface area (Å²) in [5.41, 5.74) is 1.02. The van der Waals surface area contributed by atoms with Gasteiger partial charge in [0.25, 0.3) is 5.91 Å². The van der Waals surface area contributed by atoms with Crippen LogP contribution in [0.1, 0.15) is 29.6 Å². The Morgan fingerprint density at radius 2 is 2.14 bits per heavy atom. The first-order valence-electron chi connectivity index (χ1n) is 7.49. The lowest BCUT2D eigenvalue weighted by Gasteiger charge is -2.26. The maximum Gasteiger partial charge on any atom is 0.306 e. The number of aromatic nitrogens is 1. The molecule has 2 aliphatic carbocycles. The highest BCUT2D eigenvalue weighted by Gasteiger charge is 2.49. The molecule has 0 aromatic carbocycles. The molecule has 0 unspecified atom stereocenters. The molecule has 4 rings (SSSR count). The number of nitrogens with one attached hydrogen (secondary N) is 1. The second-order valence-corrected chi connectivity index (χ2v) is 6.29. The van der Waals surface area contributed by atoms with Crippen molar-refractivity contribution >= 4 is 23.0 Å². The highest BCUT2D eigenvalue weighted by Crippen LogP contribution is 2.48. The molecule has 1 amide bonds. The van der Waals surface area contributed by atoms with Crippen LogP contribution in [0, 0.1) is 17.8 Å². The number of amides is 1. The number of nitrogens with zero attached hydrogens (tertiary/aromatic N) is 1. The zero-order chi connectivity index (χ0) is 15.3. The normalized spacial score (nSPS) is 29.8. The van der Waals surface area contributed by atoms with E-state index in [4.69, 9.17) is 9.52 Å². The van der Waals surface area contributed by atoms with Crippen molar-refractivity contribution in [3.63, 3.8) is 0 Å². The Balaban J connectivity index is 1.46. The van der Waals surface area contributed by atoms with Gasteiger partial charge in [-0.05, 0) is 43.2 Å². The van der Waals surface area contributed by atoms with Crippen LogP contribution in [-0.2, 0) is 4.79 Å². The van der Waals surface area contributed by atoms with Crippen molar-refractivity contribution in [1.29, 1.82) is 0 Å². The number of carbonyl (C=O) groups excluding carboxylic acids is 1. The molecule has 2 saturated carbocycles. The maximum absolute atomic E-state index is 12.4. The molecule has 2 bridgehead atoms.